The summed E-state index contributed by atoms with van der Waals surface area (Å²) in [5.74, 6) is 1.19. The van der Waals surface area contributed by atoms with Gasteiger partial charge < -0.3 is 14.6 Å². The molecule has 1 N–H and O–H groups in total. The lowest BCUT2D eigenvalue weighted by atomic mass is 9.96. The molecular formula is C15H19N5O2. The summed E-state index contributed by atoms with van der Waals surface area (Å²) >= 11 is 0. The van der Waals surface area contributed by atoms with Gasteiger partial charge in [-0.1, -0.05) is 6.07 Å². The van der Waals surface area contributed by atoms with Gasteiger partial charge in [-0.05, 0) is 31.9 Å². The molecule has 7 heteroatoms. The maximum Gasteiger partial charge on any atom is 0.354 e. The molecule has 0 aliphatic carbocycles. The Labute approximate surface area is 128 Å². The van der Waals surface area contributed by atoms with Crippen molar-refractivity contribution in [3.63, 3.8) is 0 Å². The number of aromatic nitrogens is 4. The summed E-state index contributed by atoms with van der Waals surface area (Å²) in [6.45, 7) is 4.66. The van der Waals surface area contributed by atoms with Crippen molar-refractivity contribution in [2.45, 2.75) is 32.2 Å². The summed E-state index contributed by atoms with van der Waals surface area (Å²) < 4.78 is 2.09. The van der Waals surface area contributed by atoms with Gasteiger partial charge in [-0.25, -0.2) is 9.78 Å². The minimum absolute atomic E-state index is 0.0883. The van der Waals surface area contributed by atoms with Crippen LogP contribution in [0.4, 0.5) is 5.82 Å². The van der Waals surface area contributed by atoms with E-state index in [-0.39, 0.29) is 5.69 Å². The Morgan fingerprint density at radius 3 is 2.82 bits per heavy atom. The van der Waals surface area contributed by atoms with Gasteiger partial charge >= 0.3 is 5.97 Å². The molecule has 1 aliphatic heterocycles. The largest absolute Gasteiger partial charge is 0.477 e. The van der Waals surface area contributed by atoms with E-state index in [0.717, 1.165) is 44.1 Å². The van der Waals surface area contributed by atoms with E-state index in [4.69, 9.17) is 5.11 Å². The lowest BCUT2D eigenvalue weighted by Crippen LogP contribution is -2.34. The van der Waals surface area contributed by atoms with E-state index in [9.17, 15) is 4.79 Å². The van der Waals surface area contributed by atoms with Crippen molar-refractivity contribution in [1.82, 2.24) is 19.7 Å². The third-order valence-corrected chi connectivity index (χ3v) is 4.12. The Hall–Kier alpha value is -2.44. The van der Waals surface area contributed by atoms with Crippen molar-refractivity contribution in [1.29, 1.82) is 0 Å². The summed E-state index contributed by atoms with van der Waals surface area (Å²) in [4.78, 5) is 17.4. The predicted molar refractivity (Wildman–Crippen MR) is 81.1 cm³/mol. The minimum Gasteiger partial charge on any atom is -0.477 e. The summed E-state index contributed by atoms with van der Waals surface area (Å²) in [5.41, 5.74) is 0.0883. The van der Waals surface area contributed by atoms with Gasteiger partial charge in [0.25, 0.3) is 0 Å². The molecule has 116 valence electrons. The van der Waals surface area contributed by atoms with E-state index in [1.165, 1.54) is 6.07 Å². The number of pyridine rings is 1. The number of hydrogen-bond acceptors (Lipinski definition) is 5. The summed E-state index contributed by atoms with van der Waals surface area (Å²) in [6.07, 6.45) is 3.72. The number of hydrogen-bond donors (Lipinski definition) is 1. The third kappa shape index (κ3) is 2.79. The number of rotatable bonds is 4. The second-order valence-corrected chi connectivity index (χ2v) is 5.42. The highest BCUT2D eigenvalue weighted by Crippen LogP contribution is 2.28. The molecule has 3 rings (SSSR count). The number of anilines is 1. The standard InChI is InChI=1S/C15H19N5O2/c1-2-19-10-16-18-14(19)11-6-8-20(9-7-11)13-5-3-4-12(17-13)15(21)22/h3-5,10-11H,2,6-9H2,1H3,(H,21,22). The lowest BCUT2D eigenvalue weighted by molar-refractivity contribution is 0.0690. The highest BCUT2D eigenvalue weighted by atomic mass is 16.4. The molecule has 3 heterocycles. The number of aromatic carboxylic acids is 1. The predicted octanol–water partition coefficient (Wildman–Crippen LogP) is 1.78. The monoisotopic (exact) mass is 301 g/mol. The molecule has 7 nitrogen and oxygen atoms in total. The van der Waals surface area contributed by atoms with Crippen LogP contribution in [0.5, 0.6) is 0 Å². The van der Waals surface area contributed by atoms with Crippen LogP contribution in [-0.2, 0) is 6.54 Å². The first-order valence-corrected chi connectivity index (χ1v) is 7.52. The molecule has 0 amide bonds. The molecule has 1 saturated heterocycles. The van der Waals surface area contributed by atoms with Crippen molar-refractivity contribution in [3.8, 4) is 0 Å². The van der Waals surface area contributed by atoms with Crippen LogP contribution in [0.25, 0.3) is 0 Å². The molecule has 0 aromatic carbocycles. The van der Waals surface area contributed by atoms with Gasteiger partial charge in [-0.15, -0.1) is 10.2 Å². The summed E-state index contributed by atoms with van der Waals surface area (Å²) in [7, 11) is 0. The Balaban J connectivity index is 1.69. The summed E-state index contributed by atoms with van der Waals surface area (Å²) in [5, 5.41) is 17.3. The molecule has 0 atom stereocenters. The first kappa shape index (κ1) is 14.5. The Morgan fingerprint density at radius 2 is 2.14 bits per heavy atom. The van der Waals surface area contributed by atoms with Crippen LogP contribution in [-0.4, -0.2) is 43.9 Å². The van der Waals surface area contributed by atoms with Crippen LogP contribution in [0.2, 0.25) is 0 Å². The van der Waals surface area contributed by atoms with Gasteiger partial charge in [0, 0.05) is 25.6 Å². The van der Waals surface area contributed by atoms with Crippen molar-refractivity contribution < 1.29 is 9.90 Å². The SMILES string of the molecule is CCn1cnnc1C1CCN(c2cccc(C(=O)O)n2)CC1. The van der Waals surface area contributed by atoms with E-state index < -0.39 is 5.97 Å². The average Bonchev–Trinajstić information content (AvgIpc) is 3.04. The van der Waals surface area contributed by atoms with Crippen LogP contribution in [0.15, 0.2) is 24.5 Å². The maximum atomic E-state index is 11.0. The van der Waals surface area contributed by atoms with E-state index in [1.54, 1.807) is 12.4 Å². The van der Waals surface area contributed by atoms with E-state index in [2.05, 4.69) is 31.6 Å². The van der Waals surface area contributed by atoms with Crippen molar-refractivity contribution in [3.05, 3.63) is 36.0 Å². The van der Waals surface area contributed by atoms with Gasteiger partial charge in [0.2, 0.25) is 0 Å². The van der Waals surface area contributed by atoms with Crippen LogP contribution >= 0.6 is 0 Å². The Kier molecular flexibility index (Phi) is 4.04. The molecule has 0 radical (unpaired) electrons. The highest BCUT2D eigenvalue weighted by molar-refractivity contribution is 5.85. The number of nitrogens with zero attached hydrogens (tertiary/aromatic N) is 5. The van der Waals surface area contributed by atoms with E-state index in [0.29, 0.717) is 5.92 Å². The van der Waals surface area contributed by atoms with E-state index >= 15 is 0 Å². The first-order valence-electron chi connectivity index (χ1n) is 7.52. The molecule has 0 unspecified atom stereocenters. The molecule has 2 aromatic rings. The Bertz CT molecular complexity index is 661. The fourth-order valence-corrected chi connectivity index (χ4v) is 2.91. The zero-order valence-electron chi connectivity index (χ0n) is 12.5. The van der Waals surface area contributed by atoms with Gasteiger partial charge in [-0.3, -0.25) is 0 Å². The van der Waals surface area contributed by atoms with Crippen LogP contribution < -0.4 is 4.90 Å². The fraction of sp³-hybridized carbons (Fsp3) is 0.467. The number of carboxylic acid groups (broad SMARTS) is 1. The van der Waals surface area contributed by atoms with Gasteiger partial charge in [0.1, 0.15) is 18.0 Å². The molecule has 1 aliphatic rings. The van der Waals surface area contributed by atoms with Crippen LogP contribution in [0.3, 0.4) is 0 Å². The molecule has 0 spiro atoms. The molecule has 1 fully saturated rings. The van der Waals surface area contributed by atoms with Crippen molar-refractivity contribution in [2.24, 2.45) is 0 Å². The quantitative estimate of drug-likeness (QED) is 0.926. The Morgan fingerprint density at radius 1 is 1.36 bits per heavy atom. The second-order valence-electron chi connectivity index (χ2n) is 5.42. The smallest absolute Gasteiger partial charge is 0.354 e. The van der Waals surface area contributed by atoms with Crippen LogP contribution in [0.1, 0.15) is 42.0 Å². The van der Waals surface area contributed by atoms with Crippen molar-refractivity contribution in [2.75, 3.05) is 18.0 Å². The number of aryl methyl sites for hydroxylation is 1. The molecule has 0 saturated carbocycles. The summed E-state index contributed by atoms with van der Waals surface area (Å²) in [6, 6.07) is 5.12. The number of carbonyl (C=O) groups is 1. The first-order chi connectivity index (χ1) is 10.7. The van der Waals surface area contributed by atoms with E-state index in [1.807, 2.05) is 6.07 Å². The molecular weight excluding hydrogens is 282 g/mol. The lowest BCUT2D eigenvalue weighted by Gasteiger charge is -2.32. The topological polar surface area (TPSA) is 84.1 Å². The maximum absolute atomic E-state index is 11.0. The van der Waals surface area contributed by atoms with Crippen LogP contribution in [0, 0.1) is 0 Å². The zero-order valence-corrected chi connectivity index (χ0v) is 12.5. The second kappa shape index (κ2) is 6.13. The average molecular weight is 301 g/mol. The van der Waals surface area contributed by atoms with Gasteiger partial charge in [0.15, 0.2) is 5.69 Å². The van der Waals surface area contributed by atoms with Gasteiger partial charge in [0.05, 0.1) is 0 Å². The third-order valence-electron chi connectivity index (χ3n) is 4.12. The minimum atomic E-state index is -0.993. The molecule has 2 aromatic heterocycles. The molecule has 22 heavy (non-hydrogen) atoms. The highest BCUT2D eigenvalue weighted by Gasteiger charge is 2.25. The normalized spacial score (nSPS) is 16.0. The number of piperidine rings is 1. The van der Waals surface area contributed by atoms with Gasteiger partial charge in [-0.2, -0.15) is 0 Å². The fourth-order valence-electron chi connectivity index (χ4n) is 2.91. The number of carboxylic acids is 1. The molecule has 0 bridgehead atoms. The van der Waals surface area contributed by atoms with Crippen molar-refractivity contribution >= 4 is 11.8 Å². The zero-order chi connectivity index (χ0) is 15.5.